The molecule has 4 heteroatoms. The Morgan fingerprint density at radius 3 is 2.54 bits per heavy atom. The number of aliphatic carboxylic acids is 1. The van der Waals surface area contributed by atoms with E-state index in [4.69, 9.17) is 5.11 Å². The average Bonchev–Trinajstić information content (AvgIpc) is 2.01. The van der Waals surface area contributed by atoms with Crippen LogP contribution in [0.4, 0.5) is 0 Å². The first-order chi connectivity index (χ1) is 6.06. The SMILES string of the molecule is CCCC(C)NC(=O)/C=C\C(=O)O. The highest BCUT2D eigenvalue weighted by molar-refractivity contribution is 5.93. The van der Waals surface area contributed by atoms with Crippen LogP contribution in [-0.4, -0.2) is 23.0 Å². The molecule has 13 heavy (non-hydrogen) atoms. The predicted octanol–water partition coefficient (Wildman–Crippen LogP) is 0.932. The Morgan fingerprint density at radius 2 is 2.08 bits per heavy atom. The second kappa shape index (κ2) is 6.22. The minimum Gasteiger partial charge on any atom is -0.478 e. The predicted molar refractivity (Wildman–Crippen MR) is 49.3 cm³/mol. The van der Waals surface area contributed by atoms with Crippen LogP contribution >= 0.6 is 0 Å². The van der Waals surface area contributed by atoms with Gasteiger partial charge in [-0.2, -0.15) is 0 Å². The molecule has 0 saturated heterocycles. The number of carboxylic acids is 1. The summed E-state index contributed by atoms with van der Waals surface area (Å²) in [6, 6.07) is 0.0935. The number of carbonyl (C=O) groups is 2. The minimum absolute atomic E-state index is 0.0935. The van der Waals surface area contributed by atoms with Crippen LogP contribution in [0.15, 0.2) is 12.2 Å². The number of hydrogen-bond acceptors (Lipinski definition) is 2. The van der Waals surface area contributed by atoms with Gasteiger partial charge in [-0.15, -0.1) is 0 Å². The molecule has 0 fully saturated rings. The van der Waals surface area contributed by atoms with E-state index in [9.17, 15) is 9.59 Å². The van der Waals surface area contributed by atoms with Crippen molar-refractivity contribution in [2.75, 3.05) is 0 Å². The largest absolute Gasteiger partial charge is 0.478 e. The van der Waals surface area contributed by atoms with Crippen molar-refractivity contribution in [3.63, 3.8) is 0 Å². The molecule has 0 aliphatic carbocycles. The molecule has 0 saturated carbocycles. The maximum Gasteiger partial charge on any atom is 0.328 e. The molecule has 0 bridgehead atoms. The van der Waals surface area contributed by atoms with Crippen LogP contribution in [0.25, 0.3) is 0 Å². The van der Waals surface area contributed by atoms with Crippen molar-refractivity contribution < 1.29 is 14.7 Å². The third-order valence-corrected chi connectivity index (χ3v) is 1.49. The summed E-state index contributed by atoms with van der Waals surface area (Å²) in [5.41, 5.74) is 0. The van der Waals surface area contributed by atoms with Gasteiger partial charge in [-0.25, -0.2) is 4.79 Å². The van der Waals surface area contributed by atoms with E-state index in [1.165, 1.54) is 0 Å². The van der Waals surface area contributed by atoms with Crippen molar-refractivity contribution in [1.29, 1.82) is 0 Å². The van der Waals surface area contributed by atoms with Gasteiger partial charge in [0.15, 0.2) is 0 Å². The molecule has 4 nitrogen and oxygen atoms in total. The monoisotopic (exact) mass is 185 g/mol. The highest BCUT2D eigenvalue weighted by Gasteiger charge is 2.02. The van der Waals surface area contributed by atoms with E-state index < -0.39 is 5.97 Å². The lowest BCUT2D eigenvalue weighted by atomic mass is 10.2. The van der Waals surface area contributed by atoms with Gasteiger partial charge in [0.2, 0.25) is 5.91 Å². The van der Waals surface area contributed by atoms with Crippen molar-refractivity contribution in [2.24, 2.45) is 0 Å². The molecular formula is C9H15NO3. The van der Waals surface area contributed by atoms with Gasteiger partial charge in [0.05, 0.1) is 0 Å². The smallest absolute Gasteiger partial charge is 0.328 e. The van der Waals surface area contributed by atoms with Crippen molar-refractivity contribution in [2.45, 2.75) is 32.7 Å². The summed E-state index contributed by atoms with van der Waals surface area (Å²) in [6.45, 7) is 3.91. The normalized spacial score (nSPS) is 12.8. The van der Waals surface area contributed by atoms with Crippen molar-refractivity contribution in [3.05, 3.63) is 12.2 Å². The molecule has 0 aliphatic heterocycles. The number of carbonyl (C=O) groups excluding carboxylic acids is 1. The molecule has 74 valence electrons. The summed E-state index contributed by atoms with van der Waals surface area (Å²) in [4.78, 5) is 21.0. The molecule has 2 N–H and O–H groups in total. The number of carboxylic acid groups (broad SMARTS) is 1. The number of amides is 1. The first-order valence-corrected chi connectivity index (χ1v) is 4.27. The standard InChI is InChI=1S/C9H15NO3/c1-3-4-7(2)10-8(11)5-6-9(12)13/h5-7H,3-4H2,1-2H3,(H,10,11)(H,12,13)/b6-5-. The van der Waals surface area contributed by atoms with Gasteiger partial charge < -0.3 is 10.4 Å². The fourth-order valence-corrected chi connectivity index (χ4v) is 0.943. The molecule has 0 aromatic rings. The van der Waals surface area contributed by atoms with Gasteiger partial charge in [0.25, 0.3) is 0 Å². The molecule has 1 amide bonds. The third kappa shape index (κ3) is 7.05. The van der Waals surface area contributed by atoms with Crippen LogP contribution in [0.2, 0.25) is 0 Å². The quantitative estimate of drug-likeness (QED) is 0.626. The lowest BCUT2D eigenvalue weighted by molar-refractivity contribution is -0.131. The van der Waals surface area contributed by atoms with Crippen LogP contribution in [0.3, 0.4) is 0 Å². The Balaban J connectivity index is 3.80. The summed E-state index contributed by atoms with van der Waals surface area (Å²) in [5, 5.41) is 10.9. The molecule has 0 radical (unpaired) electrons. The number of hydrogen-bond donors (Lipinski definition) is 2. The molecule has 0 aromatic carbocycles. The Labute approximate surface area is 77.6 Å². The molecular weight excluding hydrogens is 170 g/mol. The molecule has 0 aliphatic rings. The third-order valence-electron chi connectivity index (χ3n) is 1.49. The zero-order chi connectivity index (χ0) is 10.3. The van der Waals surface area contributed by atoms with Gasteiger partial charge in [-0.1, -0.05) is 13.3 Å². The van der Waals surface area contributed by atoms with Gasteiger partial charge in [-0.3, -0.25) is 4.79 Å². The van der Waals surface area contributed by atoms with Gasteiger partial charge in [0.1, 0.15) is 0 Å². The summed E-state index contributed by atoms with van der Waals surface area (Å²) in [7, 11) is 0. The lowest BCUT2D eigenvalue weighted by Gasteiger charge is -2.09. The van der Waals surface area contributed by atoms with Crippen molar-refractivity contribution >= 4 is 11.9 Å². The fraction of sp³-hybridized carbons (Fsp3) is 0.556. The van der Waals surface area contributed by atoms with Crippen molar-refractivity contribution in [1.82, 2.24) is 5.32 Å². The van der Waals surface area contributed by atoms with Crippen LogP contribution in [-0.2, 0) is 9.59 Å². The molecule has 0 rings (SSSR count). The molecule has 0 heterocycles. The first kappa shape index (κ1) is 11.7. The van der Waals surface area contributed by atoms with E-state index in [-0.39, 0.29) is 11.9 Å². The minimum atomic E-state index is -1.11. The fourth-order valence-electron chi connectivity index (χ4n) is 0.943. The lowest BCUT2D eigenvalue weighted by Crippen LogP contribution is -2.30. The Bertz CT molecular complexity index is 211. The summed E-state index contributed by atoms with van der Waals surface area (Å²) >= 11 is 0. The maximum absolute atomic E-state index is 11.0. The van der Waals surface area contributed by atoms with E-state index in [1.807, 2.05) is 13.8 Å². The second-order valence-electron chi connectivity index (χ2n) is 2.87. The van der Waals surface area contributed by atoms with E-state index in [2.05, 4.69) is 5.32 Å². The van der Waals surface area contributed by atoms with E-state index in [1.54, 1.807) is 0 Å². The highest BCUT2D eigenvalue weighted by atomic mass is 16.4. The van der Waals surface area contributed by atoms with Gasteiger partial charge in [-0.05, 0) is 13.3 Å². The van der Waals surface area contributed by atoms with Crippen LogP contribution < -0.4 is 5.32 Å². The Morgan fingerprint density at radius 1 is 1.46 bits per heavy atom. The van der Waals surface area contributed by atoms with Gasteiger partial charge in [0, 0.05) is 18.2 Å². The van der Waals surface area contributed by atoms with Gasteiger partial charge >= 0.3 is 5.97 Å². The van der Waals surface area contributed by atoms with Crippen LogP contribution in [0, 0.1) is 0 Å². The van der Waals surface area contributed by atoms with Crippen LogP contribution in [0.5, 0.6) is 0 Å². The van der Waals surface area contributed by atoms with Crippen molar-refractivity contribution in [3.8, 4) is 0 Å². The summed E-state index contributed by atoms with van der Waals surface area (Å²) < 4.78 is 0. The number of rotatable bonds is 5. The molecule has 1 unspecified atom stereocenters. The van der Waals surface area contributed by atoms with E-state index >= 15 is 0 Å². The Hall–Kier alpha value is -1.32. The number of nitrogens with one attached hydrogen (secondary N) is 1. The average molecular weight is 185 g/mol. The summed E-state index contributed by atoms with van der Waals surface area (Å²) in [6.07, 6.45) is 3.74. The Kier molecular flexibility index (Phi) is 5.59. The zero-order valence-electron chi connectivity index (χ0n) is 7.91. The first-order valence-electron chi connectivity index (χ1n) is 4.27. The summed E-state index contributed by atoms with van der Waals surface area (Å²) in [5.74, 6) is -1.47. The van der Waals surface area contributed by atoms with E-state index in [0.717, 1.165) is 25.0 Å². The molecule has 0 spiro atoms. The van der Waals surface area contributed by atoms with Crippen LogP contribution in [0.1, 0.15) is 26.7 Å². The highest BCUT2D eigenvalue weighted by Crippen LogP contribution is 1.94. The molecule has 0 aromatic heterocycles. The maximum atomic E-state index is 11.0. The second-order valence-corrected chi connectivity index (χ2v) is 2.87. The molecule has 1 atom stereocenters. The zero-order valence-corrected chi connectivity index (χ0v) is 7.91. The topological polar surface area (TPSA) is 66.4 Å². The van der Waals surface area contributed by atoms with E-state index in [0.29, 0.717) is 0 Å².